The number of nitrogens with zero attached hydrogens (tertiary/aromatic N) is 2. The Hall–Kier alpha value is -8.35. The van der Waals surface area contributed by atoms with Crippen molar-refractivity contribution in [2.24, 2.45) is 27.9 Å². The number of nitrogens with two attached hydrogens (primary N) is 4. The van der Waals surface area contributed by atoms with Crippen molar-refractivity contribution in [1.82, 2.24) is 47.4 Å². The summed E-state index contributed by atoms with van der Waals surface area (Å²) in [5, 5.41) is 29.8. The van der Waals surface area contributed by atoms with E-state index in [0.29, 0.717) is 29.2 Å². The van der Waals surface area contributed by atoms with Gasteiger partial charge in [0.25, 0.3) is 0 Å². The number of hydrogen-bond donors (Lipinski definition) is 13. The lowest BCUT2D eigenvalue weighted by Crippen LogP contribution is -2.60. The molecule has 2 aromatic rings. The van der Waals surface area contributed by atoms with Crippen LogP contribution in [0.5, 0.6) is 11.5 Å². The average Bonchev–Trinajstić information content (AvgIpc) is 4.21. The Morgan fingerprint density at radius 1 is 0.699 bits per heavy atom. The molecule has 17 N–H and O–H groups in total. The number of aliphatic imine (C=N–C) groups is 1. The predicted molar refractivity (Wildman–Crippen MR) is 304 cm³/mol. The molecule has 2 aliphatic rings. The van der Waals surface area contributed by atoms with E-state index in [0.717, 1.165) is 46.3 Å². The van der Waals surface area contributed by atoms with Crippen molar-refractivity contribution >= 4 is 98.5 Å². The summed E-state index contributed by atoms with van der Waals surface area (Å²) in [5.74, 6) is -11.7. The number of ether oxygens (including phenoxy) is 2. The van der Waals surface area contributed by atoms with Gasteiger partial charge in [-0.05, 0) is 67.5 Å². The average molecular weight is 1200 g/mol. The monoisotopic (exact) mass is 1200 g/mol. The minimum Gasteiger partial charge on any atom is -0.497 e. The maximum Gasteiger partial charge on any atom is 0.305 e. The first-order chi connectivity index (χ1) is 39.5. The fraction of sp³-hybridized carbons (Fsp3) is 0.519. The normalized spacial score (nSPS) is 23.0. The number of rotatable bonds is 19. The molecule has 4 rings (SSSR count). The second kappa shape index (κ2) is 34.2. The van der Waals surface area contributed by atoms with Gasteiger partial charge in [-0.3, -0.25) is 62.5 Å². The van der Waals surface area contributed by atoms with Gasteiger partial charge in [0.1, 0.15) is 59.8 Å². The third kappa shape index (κ3) is 23.2. The number of unbranched alkanes of at least 4 members (excludes halogenated alkanes) is 1. The Morgan fingerprint density at radius 2 is 1.28 bits per heavy atom. The van der Waals surface area contributed by atoms with Crippen LogP contribution < -0.4 is 74.9 Å². The number of primary amides is 2. The van der Waals surface area contributed by atoms with E-state index in [1.54, 1.807) is 48.5 Å². The molecule has 0 radical (unpaired) electrons. The highest BCUT2D eigenvalue weighted by molar-refractivity contribution is 8.76. The zero-order valence-corrected chi connectivity index (χ0v) is 47.9. The van der Waals surface area contributed by atoms with Gasteiger partial charge in [-0.25, -0.2) is 0 Å². The van der Waals surface area contributed by atoms with Gasteiger partial charge < -0.3 is 84.9 Å². The summed E-state index contributed by atoms with van der Waals surface area (Å²) >= 11 is 0. The van der Waals surface area contributed by atoms with Crippen molar-refractivity contribution < 1.29 is 72.1 Å². The van der Waals surface area contributed by atoms with Gasteiger partial charge in [0, 0.05) is 44.4 Å². The number of carboxylic acid groups (broad SMARTS) is 1. The quantitative estimate of drug-likeness (QED) is 0.0280. The summed E-state index contributed by atoms with van der Waals surface area (Å²) in [4.78, 5) is 168. The van der Waals surface area contributed by atoms with Crippen molar-refractivity contribution in [3.05, 3.63) is 59.7 Å². The van der Waals surface area contributed by atoms with Gasteiger partial charge in [-0.1, -0.05) is 59.2 Å². The number of carbonyl (C=O) groups is 12. The molecule has 0 saturated carbocycles. The Labute approximate surface area is 486 Å². The molecular weight excluding hydrogens is 1120 g/mol. The van der Waals surface area contributed by atoms with Gasteiger partial charge in [-0.2, -0.15) is 0 Å². The predicted octanol–water partition coefficient (Wildman–Crippen LogP) is -3.54. The number of benzene rings is 2. The van der Waals surface area contributed by atoms with Crippen LogP contribution in [0.2, 0.25) is 0 Å². The van der Waals surface area contributed by atoms with Crippen molar-refractivity contribution in [3.63, 3.8) is 0 Å². The minimum absolute atomic E-state index is 0.00420. The van der Waals surface area contributed by atoms with Crippen LogP contribution >= 0.6 is 21.6 Å². The van der Waals surface area contributed by atoms with Crippen LogP contribution in [0.4, 0.5) is 0 Å². The number of amides is 11. The summed E-state index contributed by atoms with van der Waals surface area (Å²) in [7, 11) is 3.34. The van der Waals surface area contributed by atoms with Crippen LogP contribution in [0.1, 0.15) is 76.3 Å². The fourth-order valence-electron chi connectivity index (χ4n) is 8.52. The van der Waals surface area contributed by atoms with E-state index >= 15 is 0 Å². The number of carboxylic acids is 1. The number of carbonyl (C=O) groups excluding carboxylic acids is 11. The first-order valence-corrected chi connectivity index (χ1v) is 29.1. The van der Waals surface area contributed by atoms with Crippen LogP contribution in [0, 0.1) is 0 Å². The zero-order valence-electron chi connectivity index (χ0n) is 46.2. The maximum atomic E-state index is 14.6. The molecule has 2 aromatic carbocycles. The SMILES string of the molecule is CCCCOc1ccc(C[C@@H]2NC(=O)[C@H](Cc3ccc(OC)cc3)NC(=O)[C@@H](CC(=O)O)NC(=O)CNC(=O)[C@@H](CCCN=C(N)N)NC(=O)[C@@H]3CCCN3C(=O)[C@@H](CC(N)=O)NC(=O)[C@@H](NC(C)=O)CSSC[C@@H](C(N)=O)NC2=O)cc1. The summed E-state index contributed by atoms with van der Waals surface area (Å²) in [6.45, 7) is 2.65. The second-order valence-corrected chi connectivity index (χ2v) is 21.9. The Kier molecular flexibility index (Phi) is 27.7. The Balaban J connectivity index is 1.79. The molecule has 11 amide bonds. The highest BCUT2D eigenvalue weighted by atomic mass is 33.1. The number of methoxy groups -OCH3 is 1. The summed E-state index contributed by atoms with van der Waals surface area (Å²) in [5.41, 5.74) is 23.2. The molecule has 0 bridgehead atoms. The minimum atomic E-state index is -1.87. The van der Waals surface area contributed by atoms with Crippen LogP contribution in [-0.2, 0) is 70.4 Å². The second-order valence-electron chi connectivity index (χ2n) is 19.4. The summed E-state index contributed by atoms with van der Waals surface area (Å²) < 4.78 is 11.1. The molecular formula is C52H74N14O15S2. The first-order valence-electron chi connectivity index (χ1n) is 26.6. The van der Waals surface area contributed by atoms with E-state index in [-0.39, 0.29) is 69.1 Å². The molecule has 0 unspecified atom stereocenters. The fourth-order valence-corrected chi connectivity index (χ4v) is 10.9. The van der Waals surface area contributed by atoms with E-state index in [2.05, 4.69) is 47.5 Å². The summed E-state index contributed by atoms with van der Waals surface area (Å²) in [6, 6.07) is 0.861. The molecule has 83 heavy (non-hydrogen) atoms. The number of nitrogens with one attached hydrogen (secondary N) is 8. The van der Waals surface area contributed by atoms with Crippen LogP contribution in [0.25, 0.3) is 0 Å². The maximum absolute atomic E-state index is 14.6. The standard InChI is InChI=1S/C52H74N14O15S2/c1-4-5-20-81-32-16-12-30(13-17-32)22-35-47(75)65-38(44(54)72)26-82-83-27-39(59-28(2)67)49(77)64-37(23-41(53)68)51(79)66-19-7-9-40(66)50(78)61-33(8-6-18-57-52(55)56)45(73)58-25-42(69)60-36(24-43(70)71)48(76)63-34(46(74)62-35)21-29-10-14-31(80-3)15-11-29/h10-17,33-40H,4-9,18-27H2,1-3H3,(H2,53,68)(H2,54,72)(H,58,73)(H,59,67)(H,60,69)(H,61,78)(H,62,74)(H,63,76)(H,64,77)(H,65,75)(H,70,71)(H4,55,56,57)/t33-,34+,35+,36-,37-,38+,39+,40+/m1/s1. The Bertz CT molecular complexity index is 2660. The molecule has 2 aliphatic heterocycles. The smallest absolute Gasteiger partial charge is 0.305 e. The first kappa shape index (κ1) is 67.2. The van der Waals surface area contributed by atoms with Crippen molar-refractivity contribution in [1.29, 1.82) is 0 Å². The van der Waals surface area contributed by atoms with E-state index in [4.69, 9.17) is 32.4 Å². The van der Waals surface area contributed by atoms with Gasteiger partial charge in [0.05, 0.1) is 33.1 Å². The van der Waals surface area contributed by atoms with E-state index in [9.17, 15) is 62.6 Å². The molecule has 2 saturated heterocycles. The number of hydrogen-bond acceptors (Lipinski definition) is 17. The molecule has 8 atom stereocenters. The molecule has 2 heterocycles. The largest absolute Gasteiger partial charge is 0.497 e. The van der Waals surface area contributed by atoms with Gasteiger partial charge in [-0.15, -0.1) is 0 Å². The molecule has 29 nitrogen and oxygen atoms in total. The third-order valence-electron chi connectivity index (χ3n) is 12.8. The molecule has 0 aliphatic carbocycles. The van der Waals surface area contributed by atoms with E-state index in [1.165, 1.54) is 7.11 Å². The number of guanidine groups is 1. The van der Waals surface area contributed by atoms with Gasteiger partial charge in [0.2, 0.25) is 65.0 Å². The lowest BCUT2D eigenvalue weighted by molar-refractivity contribution is -0.143. The number of aliphatic carboxylic acids is 1. The highest BCUT2D eigenvalue weighted by Crippen LogP contribution is 2.25. The summed E-state index contributed by atoms with van der Waals surface area (Å²) in [6.07, 6.45) is -0.264. The van der Waals surface area contributed by atoms with Crippen LogP contribution in [0.15, 0.2) is 53.5 Å². The van der Waals surface area contributed by atoms with Crippen molar-refractivity contribution in [3.8, 4) is 11.5 Å². The van der Waals surface area contributed by atoms with Crippen LogP contribution in [0.3, 0.4) is 0 Å². The van der Waals surface area contributed by atoms with E-state index in [1.807, 2.05) is 6.92 Å². The molecule has 454 valence electrons. The molecule has 0 spiro atoms. The van der Waals surface area contributed by atoms with Crippen molar-refractivity contribution in [2.45, 2.75) is 126 Å². The lowest BCUT2D eigenvalue weighted by Gasteiger charge is -2.30. The topological polar surface area (TPSA) is 459 Å². The van der Waals surface area contributed by atoms with Gasteiger partial charge in [0.15, 0.2) is 5.96 Å². The van der Waals surface area contributed by atoms with Crippen LogP contribution in [-0.4, -0.2) is 180 Å². The van der Waals surface area contributed by atoms with E-state index < -0.39 is 139 Å². The lowest BCUT2D eigenvalue weighted by atomic mass is 10.0. The number of fused-ring (bicyclic) bond motifs is 1. The Morgan fingerprint density at radius 3 is 1.84 bits per heavy atom. The third-order valence-corrected chi connectivity index (χ3v) is 15.2. The molecule has 31 heteroatoms. The van der Waals surface area contributed by atoms with Gasteiger partial charge >= 0.3 is 5.97 Å². The zero-order chi connectivity index (χ0) is 61.2. The highest BCUT2D eigenvalue weighted by Gasteiger charge is 2.40. The van der Waals surface area contributed by atoms with Crippen molar-refractivity contribution in [2.75, 3.05) is 44.9 Å². The molecule has 0 aromatic heterocycles. The molecule has 2 fully saturated rings.